The number of alkyl halides is 3. The molecular formula is C43H52ClF3N2O4S. The van der Waals surface area contributed by atoms with Gasteiger partial charge >= 0.3 is 6.18 Å². The number of halogens is 4. The summed E-state index contributed by atoms with van der Waals surface area (Å²) in [4.78, 5) is 32.9. The van der Waals surface area contributed by atoms with Crippen LogP contribution in [0.25, 0.3) is 11.6 Å². The Balaban J connectivity index is 1.10. The Bertz CT molecular complexity index is 1810. The van der Waals surface area contributed by atoms with Crippen molar-refractivity contribution < 1.29 is 33.0 Å². The molecule has 2 heterocycles. The number of carbonyl (C=O) groups is 2. The van der Waals surface area contributed by atoms with Crippen LogP contribution in [-0.2, 0) is 22.2 Å². The van der Waals surface area contributed by atoms with Crippen LogP contribution < -0.4 is 0 Å². The SMILES string of the molecule is C=C1C(=O)C(CC2CC=C(CC(O)C[C@H](Cc3cc(Cl)c(O)c(C(F)(F)F)c3)C(=O)CC3=CCCC(N4CCCN(C)CC4)CC3)CC2)=Cc2ccsc21. The van der Waals surface area contributed by atoms with Crippen LogP contribution in [0.3, 0.4) is 0 Å². The number of aromatic hydroxyl groups is 1. The molecule has 6 nitrogen and oxygen atoms in total. The summed E-state index contributed by atoms with van der Waals surface area (Å²) >= 11 is 7.59. The number of likely N-dealkylation sites (N-methyl/N-ethyl adjacent to an activating group) is 1. The number of hydrogen-bond donors (Lipinski definition) is 2. The molecule has 3 aliphatic carbocycles. The molecule has 2 N–H and O–H groups in total. The summed E-state index contributed by atoms with van der Waals surface area (Å²) < 4.78 is 41.4. The number of benzene rings is 1. The minimum absolute atomic E-state index is 0.00741. The fraction of sp³-hybridized carbons (Fsp3) is 0.535. The Morgan fingerprint density at radius 3 is 2.63 bits per heavy atom. The van der Waals surface area contributed by atoms with Gasteiger partial charge in [0.15, 0.2) is 5.78 Å². The largest absolute Gasteiger partial charge is 0.506 e. The molecule has 0 spiro atoms. The van der Waals surface area contributed by atoms with Gasteiger partial charge in [-0.3, -0.25) is 14.5 Å². The lowest BCUT2D eigenvalue weighted by molar-refractivity contribution is -0.138. The molecular weight excluding hydrogens is 733 g/mol. The lowest BCUT2D eigenvalue weighted by Crippen LogP contribution is -2.37. The Kier molecular flexibility index (Phi) is 13.4. The number of hydrogen-bond acceptors (Lipinski definition) is 7. The van der Waals surface area contributed by atoms with E-state index in [4.69, 9.17) is 11.6 Å². The number of thiophene rings is 1. The van der Waals surface area contributed by atoms with Crippen molar-refractivity contribution in [1.29, 1.82) is 0 Å². The first kappa shape index (κ1) is 40.6. The normalized spacial score (nSPS) is 23.1. The Labute approximate surface area is 326 Å². The average molecular weight is 785 g/mol. The zero-order chi connectivity index (χ0) is 38.6. The van der Waals surface area contributed by atoms with Gasteiger partial charge in [0, 0.05) is 47.5 Å². The van der Waals surface area contributed by atoms with E-state index in [0.717, 1.165) is 111 Å². The van der Waals surface area contributed by atoms with Crippen LogP contribution in [0, 0.1) is 11.8 Å². The third kappa shape index (κ3) is 10.2. The number of phenolic OH excluding ortho intramolecular Hbond substituents is 1. The highest BCUT2D eigenvalue weighted by atomic mass is 35.5. The number of ketones is 2. The van der Waals surface area contributed by atoms with Crippen molar-refractivity contribution in [3.63, 3.8) is 0 Å². The van der Waals surface area contributed by atoms with Crippen molar-refractivity contribution in [3.05, 3.63) is 85.6 Å². The third-order valence-corrected chi connectivity index (χ3v) is 13.1. The number of fused-ring (bicyclic) bond motifs is 1. The molecule has 0 radical (unpaired) electrons. The summed E-state index contributed by atoms with van der Waals surface area (Å²) in [7, 11) is 2.16. The maximum Gasteiger partial charge on any atom is 0.420 e. The molecule has 0 bridgehead atoms. The molecule has 3 unspecified atom stereocenters. The molecule has 2 aromatic rings. The van der Waals surface area contributed by atoms with E-state index in [0.29, 0.717) is 30.4 Å². The van der Waals surface area contributed by atoms with Crippen molar-refractivity contribution in [2.75, 3.05) is 33.2 Å². The molecule has 0 saturated carbocycles. The second-order valence-electron chi connectivity index (χ2n) is 15.8. The van der Waals surface area contributed by atoms with Gasteiger partial charge in [0.05, 0.1) is 16.7 Å². The van der Waals surface area contributed by atoms with E-state index in [2.05, 4.69) is 35.6 Å². The van der Waals surface area contributed by atoms with Crippen molar-refractivity contribution in [1.82, 2.24) is 9.80 Å². The number of aliphatic hydroxyl groups excluding tert-OH is 1. The first-order valence-corrected chi connectivity index (χ1v) is 20.6. The van der Waals surface area contributed by atoms with Crippen molar-refractivity contribution in [2.24, 2.45) is 11.8 Å². The number of phenols is 1. The summed E-state index contributed by atoms with van der Waals surface area (Å²) in [6.07, 6.45) is 9.10. The molecule has 0 amide bonds. The molecule has 6 rings (SSSR count). The van der Waals surface area contributed by atoms with E-state index in [1.807, 2.05) is 17.5 Å². The Morgan fingerprint density at radius 1 is 1.07 bits per heavy atom. The smallest absolute Gasteiger partial charge is 0.420 e. The zero-order valence-corrected chi connectivity index (χ0v) is 32.7. The van der Waals surface area contributed by atoms with E-state index in [1.165, 1.54) is 17.4 Å². The van der Waals surface area contributed by atoms with Gasteiger partial charge in [0.2, 0.25) is 0 Å². The maximum absolute atomic E-state index is 14.1. The Morgan fingerprint density at radius 2 is 1.87 bits per heavy atom. The molecule has 4 atom stereocenters. The van der Waals surface area contributed by atoms with E-state index in [1.54, 1.807) is 0 Å². The predicted octanol–water partition coefficient (Wildman–Crippen LogP) is 9.69. The summed E-state index contributed by atoms with van der Waals surface area (Å²) in [5.41, 5.74) is 3.49. The van der Waals surface area contributed by atoms with Gasteiger partial charge in [-0.05, 0) is 144 Å². The predicted molar refractivity (Wildman–Crippen MR) is 211 cm³/mol. The quantitative estimate of drug-likeness (QED) is 0.165. The first-order chi connectivity index (χ1) is 25.7. The summed E-state index contributed by atoms with van der Waals surface area (Å²) in [6, 6.07) is 4.62. The molecule has 1 aromatic carbocycles. The van der Waals surface area contributed by atoms with Crippen LogP contribution >= 0.6 is 22.9 Å². The van der Waals surface area contributed by atoms with Gasteiger partial charge in [-0.25, -0.2) is 0 Å². The zero-order valence-electron chi connectivity index (χ0n) is 31.1. The van der Waals surface area contributed by atoms with Gasteiger partial charge in [0.25, 0.3) is 0 Å². The number of carbonyl (C=O) groups excluding carboxylic acids is 2. The van der Waals surface area contributed by atoms with Crippen LogP contribution in [0.2, 0.25) is 5.02 Å². The summed E-state index contributed by atoms with van der Waals surface area (Å²) in [6.45, 7) is 8.27. The number of Topliss-reactive ketones (excluding diaryl/α,β-unsaturated/α-hetero) is 2. The second-order valence-corrected chi connectivity index (χ2v) is 17.1. The van der Waals surface area contributed by atoms with E-state index < -0.39 is 34.5 Å². The topological polar surface area (TPSA) is 81.1 Å². The highest BCUT2D eigenvalue weighted by Crippen LogP contribution is 2.42. The van der Waals surface area contributed by atoms with E-state index >= 15 is 0 Å². The summed E-state index contributed by atoms with van der Waals surface area (Å²) in [5, 5.41) is 23.0. The van der Waals surface area contributed by atoms with Crippen LogP contribution in [0.5, 0.6) is 5.75 Å². The number of rotatable bonds is 12. The fourth-order valence-electron chi connectivity index (χ4n) is 8.72. The van der Waals surface area contributed by atoms with Gasteiger partial charge in [-0.15, -0.1) is 11.3 Å². The van der Waals surface area contributed by atoms with Crippen molar-refractivity contribution in [2.45, 2.75) is 102 Å². The fourth-order valence-corrected chi connectivity index (χ4v) is 9.82. The van der Waals surface area contributed by atoms with E-state index in [-0.39, 0.29) is 36.4 Å². The number of aliphatic hydroxyl groups is 1. The van der Waals surface area contributed by atoms with Crippen LogP contribution in [-0.4, -0.2) is 77.0 Å². The van der Waals surface area contributed by atoms with Crippen LogP contribution in [0.1, 0.15) is 98.6 Å². The van der Waals surface area contributed by atoms with Crippen molar-refractivity contribution >= 4 is 46.2 Å². The Hall–Kier alpha value is -3.02. The lowest BCUT2D eigenvalue weighted by atomic mass is 9.80. The second kappa shape index (κ2) is 17.8. The number of allylic oxidation sites excluding steroid dienone is 5. The molecule has 54 heavy (non-hydrogen) atoms. The third-order valence-electron chi connectivity index (χ3n) is 11.8. The lowest BCUT2D eigenvalue weighted by Gasteiger charge is -2.30. The first-order valence-electron chi connectivity index (χ1n) is 19.3. The molecule has 1 aliphatic heterocycles. The van der Waals surface area contributed by atoms with Crippen LogP contribution in [0.15, 0.2) is 59.0 Å². The highest BCUT2D eigenvalue weighted by Gasteiger charge is 2.36. The molecule has 11 heteroatoms. The molecule has 1 saturated heterocycles. The molecule has 1 fully saturated rings. The maximum atomic E-state index is 14.1. The monoisotopic (exact) mass is 784 g/mol. The number of nitrogens with zero attached hydrogens (tertiary/aromatic N) is 2. The summed E-state index contributed by atoms with van der Waals surface area (Å²) in [5.74, 6) is -1.57. The minimum Gasteiger partial charge on any atom is -0.506 e. The van der Waals surface area contributed by atoms with Gasteiger partial charge in [-0.1, -0.05) is 41.5 Å². The minimum atomic E-state index is -4.82. The molecule has 292 valence electrons. The average Bonchev–Trinajstić information content (AvgIpc) is 3.33. The van der Waals surface area contributed by atoms with Crippen LogP contribution in [0.4, 0.5) is 13.2 Å². The highest BCUT2D eigenvalue weighted by molar-refractivity contribution is 7.12. The van der Waals surface area contributed by atoms with Gasteiger partial charge in [-0.2, -0.15) is 13.2 Å². The van der Waals surface area contributed by atoms with E-state index in [9.17, 15) is 33.0 Å². The van der Waals surface area contributed by atoms with Gasteiger partial charge in [0.1, 0.15) is 11.5 Å². The molecule has 1 aromatic heterocycles. The van der Waals surface area contributed by atoms with Crippen molar-refractivity contribution in [3.8, 4) is 5.75 Å². The molecule has 4 aliphatic rings. The standard InChI is InChI=1S/C43H52ClF3N2O4S/c1-27-40(52)34(25-32-13-18-54-42(27)32)19-29-7-9-30(10-8-29)21-36(50)26-33(20-31-22-37(43(45,46)47)41(53)38(44)23-31)39(51)24-28-5-3-6-35(12-11-28)49-15-4-14-48(2)16-17-49/h5,9,13,18,22-23,25,29,33,35-36,50,53H,1,3-4,6-8,10-12,14-17,19-21,24,26H2,2H3/t29?,33-,35?,36?/m0/s1. The van der Waals surface area contributed by atoms with Gasteiger partial charge < -0.3 is 15.1 Å².